The molecule has 0 fully saturated rings. The minimum atomic E-state index is -0.590. The molecule has 0 atom stereocenters. The third-order valence-corrected chi connectivity index (χ3v) is 5.41. The number of hydrogen-bond donors (Lipinski definition) is 0. The average Bonchev–Trinajstić information content (AvgIpc) is 3.08. The van der Waals surface area contributed by atoms with E-state index >= 15 is 0 Å². The molecule has 9 heteroatoms. The molecule has 0 saturated carbocycles. The summed E-state index contributed by atoms with van der Waals surface area (Å²) in [5, 5.41) is 12.6. The minimum absolute atomic E-state index is 0.0459. The molecule has 0 radical (unpaired) electrons. The van der Waals surface area contributed by atoms with Crippen LogP contribution in [0.25, 0.3) is 0 Å². The fraction of sp³-hybridized carbons (Fsp3) is 0.176. The Kier molecular flexibility index (Phi) is 5.80. The monoisotopic (exact) mass is 409 g/mol. The number of thioether (sulfide) groups is 1. The molecule has 0 unspecified atom stereocenters. The van der Waals surface area contributed by atoms with Gasteiger partial charge >= 0.3 is 0 Å². The quantitative estimate of drug-likeness (QED) is 0.543. The third kappa shape index (κ3) is 4.00. The Morgan fingerprint density at radius 2 is 2.04 bits per heavy atom. The van der Waals surface area contributed by atoms with E-state index in [-0.39, 0.29) is 16.3 Å². The zero-order valence-corrected chi connectivity index (χ0v) is 15.7. The van der Waals surface area contributed by atoms with Crippen LogP contribution in [0.3, 0.4) is 0 Å². The van der Waals surface area contributed by atoms with Gasteiger partial charge in [-0.25, -0.2) is 0 Å². The summed E-state index contributed by atoms with van der Waals surface area (Å²) in [5.74, 6) is 0.0574. The molecule has 26 heavy (non-hydrogen) atoms. The maximum atomic E-state index is 12.9. The van der Waals surface area contributed by atoms with Crippen LogP contribution in [-0.4, -0.2) is 34.0 Å². The van der Waals surface area contributed by atoms with Gasteiger partial charge in [-0.05, 0) is 23.8 Å². The van der Waals surface area contributed by atoms with Crippen molar-refractivity contribution < 1.29 is 9.72 Å². The van der Waals surface area contributed by atoms with E-state index in [1.54, 1.807) is 6.07 Å². The number of benzene rings is 2. The molecule has 2 aromatic carbocycles. The molecular weight excluding hydrogens is 397 g/mol. The third-order valence-electron chi connectivity index (χ3n) is 3.75. The second kappa shape index (κ2) is 8.07. The minimum Gasteiger partial charge on any atom is -0.285 e. The second-order valence-corrected chi connectivity index (χ2v) is 7.21. The summed E-state index contributed by atoms with van der Waals surface area (Å²) in [5.41, 5.74) is 0.604. The first kappa shape index (κ1) is 18.7. The fourth-order valence-electron chi connectivity index (χ4n) is 2.48. The first-order chi connectivity index (χ1) is 12.5. The molecule has 6 nitrogen and oxygen atoms in total. The molecule has 2 aromatic rings. The molecule has 1 aliphatic rings. The smallest absolute Gasteiger partial charge is 0.282 e. The fourth-order valence-corrected chi connectivity index (χ4v) is 3.98. The normalized spacial score (nSPS) is 13.6. The van der Waals surface area contributed by atoms with E-state index in [1.165, 1.54) is 34.9 Å². The Labute approximate surface area is 164 Å². The van der Waals surface area contributed by atoms with Crippen LogP contribution in [0.2, 0.25) is 10.0 Å². The highest BCUT2D eigenvalue weighted by Crippen LogP contribution is 2.28. The largest absolute Gasteiger partial charge is 0.285 e. The Morgan fingerprint density at radius 3 is 2.77 bits per heavy atom. The number of nitro benzene ring substituents is 1. The number of carbonyl (C=O) groups excluding carboxylic acids is 1. The van der Waals surface area contributed by atoms with E-state index in [4.69, 9.17) is 23.2 Å². The van der Waals surface area contributed by atoms with Gasteiger partial charge in [0.1, 0.15) is 5.56 Å². The van der Waals surface area contributed by atoms with E-state index in [0.717, 1.165) is 5.56 Å². The summed E-state index contributed by atoms with van der Waals surface area (Å²) in [6.45, 7) is 0.818. The van der Waals surface area contributed by atoms with Crippen molar-refractivity contribution in [1.29, 1.82) is 0 Å². The van der Waals surface area contributed by atoms with Crippen LogP contribution in [0.5, 0.6) is 0 Å². The van der Waals surface area contributed by atoms with Crippen molar-refractivity contribution in [2.45, 2.75) is 5.75 Å². The standard InChI is InChI=1S/C17H13Cl2N3O3S/c18-12-5-6-15(22(24)25)13(9-12)16(23)21-8-7-20-17(21)26-10-11-3-1-2-4-14(11)19/h1-6,9H,7-8,10H2. The van der Waals surface area contributed by atoms with Crippen LogP contribution in [0.15, 0.2) is 47.5 Å². The first-order valence-electron chi connectivity index (χ1n) is 7.64. The van der Waals surface area contributed by atoms with E-state index in [1.807, 2.05) is 18.2 Å². The Morgan fingerprint density at radius 1 is 1.27 bits per heavy atom. The number of nitro groups is 1. The van der Waals surface area contributed by atoms with Gasteiger partial charge in [-0.2, -0.15) is 0 Å². The van der Waals surface area contributed by atoms with Gasteiger partial charge in [0.15, 0.2) is 5.17 Å². The summed E-state index contributed by atoms with van der Waals surface area (Å²) in [6.07, 6.45) is 0. The van der Waals surface area contributed by atoms with Crippen molar-refractivity contribution in [2.75, 3.05) is 13.1 Å². The van der Waals surface area contributed by atoms with E-state index in [9.17, 15) is 14.9 Å². The highest BCUT2D eigenvalue weighted by Gasteiger charge is 2.30. The van der Waals surface area contributed by atoms with E-state index < -0.39 is 10.8 Å². The number of amidine groups is 1. The molecule has 0 N–H and O–H groups in total. The Balaban J connectivity index is 1.80. The summed E-state index contributed by atoms with van der Waals surface area (Å²) in [4.78, 5) is 29.3. The van der Waals surface area contributed by atoms with Gasteiger partial charge in [0, 0.05) is 28.4 Å². The number of nitrogens with zero attached hydrogens (tertiary/aromatic N) is 3. The lowest BCUT2D eigenvalue weighted by atomic mass is 10.1. The van der Waals surface area contributed by atoms with Gasteiger partial charge < -0.3 is 0 Å². The van der Waals surface area contributed by atoms with Gasteiger partial charge in [0.25, 0.3) is 11.6 Å². The molecular formula is C17H13Cl2N3O3S. The number of carbonyl (C=O) groups is 1. The van der Waals surface area contributed by atoms with Gasteiger partial charge in [-0.15, -0.1) is 0 Å². The molecule has 0 aromatic heterocycles. The van der Waals surface area contributed by atoms with Crippen molar-refractivity contribution >= 4 is 51.7 Å². The van der Waals surface area contributed by atoms with Gasteiger partial charge in [-0.3, -0.25) is 24.8 Å². The highest BCUT2D eigenvalue weighted by molar-refractivity contribution is 8.13. The van der Waals surface area contributed by atoms with E-state index in [2.05, 4.69) is 4.99 Å². The van der Waals surface area contributed by atoms with Crippen molar-refractivity contribution in [2.24, 2.45) is 4.99 Å². The molecule has 0 saturated heterocycles. The zero-order chi connectivity index (χ0) is 18.7. The van der Waals surface area contributed by atoms with Crippen molar-refractivity contribution in [3.63, 3.8) is 0 Å². The lowest BCUT2D eigenvalue weighted by molar-refractivity contribution is -0.385. The number of halogens is 2. The van der Waals surface area contributed by atoms with Crippen molar-refractivity contribution in [3.8, 4) is 0 Å². The lowest BCUT2D eigenvalue weighted by Gasteiger charge is -2.18. The highest BCUT2D eigenvalue weighted by atomic mass is 35.5. The second-order valence-electron chi connectivity index (χ2n) is 5.42. The number of hydrogen-bond acceptors (Lipinski definition) is 5. The van der Waals surface area contributed by atoms with Crippen LogP contribution >= 0.6 is 35.0 Å². The summed E-state index contributed by atoms with van der Waals surface area (Å²) < 4.78 is 0. The predicted molar refractivity (Wildman–Crippen MR) is 104 cm³/mol. The molecule has 0 bridgehead atoms. The number of amides is 1. The van der Waals surface area contributed by atoms with Crippen LogP contribution < -0.4 is 0 Å². The summed E-state index contributed by atoms with van der Waals surface area (Å²) in [6, 6.07) is 11.4. The SMILES string of the molecule is O=C(c1cc(Cl)ccc1[N+](=O)[O-])N1CCN=C1SCc1ccccc1Cl. The summed E-state index contributed by atoms with van der Waals surface area (Å²) >= 11 is 13.4. The Hall–Kier alpha value is -2.09. The Bertz CT molecular complexity index is 905. The van der Waals surface area contributed by atoms with Crippen LogP contribution in [0, 0.1) is 10.1 Å². The molecule has 3 rings (SSSR count). The van der Waals surface area contributed by atoms with Crippen molar-refractivity contribution in [3.05, 3.63) is 73.8 Å². The number of aliphatic imine (C=N–C) groups is 1. The molecule has 1 amide bonds. The molecule has 0 aliphatic carbocycles. The summed E-state index contributed by atoms with van der Waals surface area (Å²) in [7, 11) is 0. The molecule has 0 spiro atoms. The van der Waals surface area contributed by atoms with Crippen molar-refractivity contribution in [1.82, 2.24) is 4.90 Å². The molecule has 134 valence electrons. The topological polar surface area (TPSA) is 75.8 Å². The zero-order valence-electron chi connectivity index (χ0n) is 13.4. The van der Waals surface area contributed by atoms with Crippen LogP contribution in [-0.2, 0) is 5.75 Å². The average molecular weight is 410 g/mol. The van der Waals surface area contributed by atoms with Gasteiger partial charge in [0.2, 0.25) is 0 Å². The molecule has 1 aliphatic heterocycles. The van der Waals surface area contributed by atoms with E-state index in [0.29, 0.717) is 29.0 Å². The van der Waals surface area contributed by atoms with Gasteiger partial charge in [0.05, 0.1) is 11.5 Å². The van der Waals surface area contributed by atoms with Crippen LogP contribution in [0.4, 0.5) is 5.69 Å². The maximum absolute atomic E-state index is 12.9. The maximum Gasteiger partial charge on any atom is 0.282 e. The number of rotatable bonds is 4. The van der Waals surface area contributed by atoms with Crippen LogP contribution in [0.1, 0.15) is 15.9 Å². The van der Waals surface area contributed by atoms with Gasteiger partial charge in [-0.1, -0.05) is 53.2 Å². The lowest BCUT2D eigenvalue weighted by Crippen LogP contribution is -2.33. The first-order valence-corrected chi connectivity index (χ1v) is 9.38. The molecule has 1 heterocycles. The predicted octanol–water partition coefficient (Wildman–Crippen LogP) is 4.65.